The molecule has 0 aliphatic heterocycles. The highest BCUT2D eigenvalue weighted by Gasteiger charge is 2.04. The molecule has 0 saturated carbocycles. The van der Waals surface area contributed by atoms with Gasteiger partial charge in [-0.2, -0.15) is 0 Å². The number of carbonyl (C=O) groups excluding carboxylic acids is 1. The maximum atomic E-state index is 12.7. The van der Waals surface area contributed by atoms with Crippen LogP contribution in [0, 0.1) is 5.82 Å². The van der Waals surface area contributed by atoms with Crippen molar-refractivity contribution in [3.05, 3.63) is 54.0 Å². The topological polar surface area (TPSA) is 51.2 Å². The van der Waals surface area contributed by atoms with Gasteiger partial charge in [0.1, 0.15) is 5.82 Å². The molecule has 0 aliphatic rings. The molecule has 1 aromatic heterocycles. The van der Waals surface area contributed by atoms with Crippen molar-refractivity contribution in [1.82, 2.24) is 10.3 Å². The predicted octanol–water partition coefficient (Wildman–Crippen LogP) is 2.64. The molecule has 6 heteroatoms. The van der Waals surface area contributed by atoms with Crippen LogP contribution in [0.2, 0.25) is 0 Å². The first-order valence-electron chi connectivity index (χ1n) is 6.31. The number of pyridine rings is 1. The fourth-order valence-corrected chi connectivity index (χ4v) is 2.30. The van der Waals surface area contributed by atoms with Crippen LogP contribution in [-0.4, -0.2) is 23.8 Å². The van der Waals surface area contributed by atoms with E-state index in [1.165, 1.54) is 23.9 Å². The Morgan fingerprint density at radius 1 is 1.29 bits per heavy atom. The lowest BCUT2D eigenvalue weighted by Crippen LogP contribution is -2.24. The number of rotatable bonds is 6. The molecule has 0 aliphatic carbocycles. The number of nitrogens with one attached hydrogen (secondary N) is 1. The highest BCUT2D eigenvalue weighted by atomic mass is 32.2. The molecular weight excluding hydrogens is 291 g/mol. The third kappa shape index (κ3) is 5.07. The summed E-state index contributed by atoms with van der Waals surface area (Å²) in [5, 5.41) is 2.80. The summed E-state index contributed by atoms with van der Waals surface area (Å²) < 4.78 is 17.7. The van der Waals surface area contributed by atoms with Crippen molar-refractivity contribution >= 4 is 17.7 Å². The maximum absolute atomic E-state index is 12.7. The van der Waals surface area contributed by atoms with Crippen LogP contribution in [0.25, 0.3) is 0 Å². The number of amides is 1. The number of nitrogens with zero attached hydrogens (tertiary/aromatic N) is 1. The highest BCUT2D eigenvalue weighted by molar-refractivity contribution is 8.00. The van der Waals surface area contributed by atoms with Gasteiger partial charge >= 0.3 is 0 Å². The third-order valence-corrected chi connectivity index (χ3v) is 3.69. The van der Waals surface area contributed by atoms with Crippen molar-refractivity contribution in [2.75, 3.05) is 12.9 Å². The number of aromatic nitrogens is 1. The van der Waals surface area contributed by atoms with Gasteiger partial charge in [0.25, 0.3) is 0 Å². The largest absolute Gasteiger partial charge is 0.481 e. The Labute approximate surface area is 126 Å². The van der Waals surface area contributed by atoms with E-state index in [4.69, 9.17) is 4.74 Å². The molecule has 1 amide bonds. The van der Waals surface area contributed by atoms with Gasteiger partial charge in [0.2, 0.25) is 11.8 Å². The molecule has 1 heterocycles. The number of thioether (sulfide) groups is 1. The minimum Gasteiger partial charge on any atom is -0.481 e. The van der Waals surface area contributed by atoms with E-state index in [9.17, 15) is 9.18 Å². The molecule has 0 saturated heterocycles. The second kappa shape index (κ2) is 7.64. The lowest BCUT2D eigenvalue weighted by atomic mass is 10.3. The van der Waals surface area contributed by atoms with Gasteiger partial charge in [-0.05, 0) is 29.8 Å². The van der Waals surface area contributed by atoms with Gasteiger partial charge in [0, 0.05) is 23.7 Å². The van der Waals surface area contributed by atoms with E-state index in [0.29, 0.717) is 12.4 Å². The number of ether oxygens (including phenoxy) is 1. The summed E-state index contributed by atoms with van der Waals surface area (Å²) in [6, 6.07) is 9.65. The van der Waals surface area contributed by atoms with Crippen molar-refractivity contribution in [2.24, 2.45) is 0 Å². The molecule has 110 valence electrons. The molecule has 2 rings (SSSR count). The van der Waals surface area contributed by atoms with Gasteiger partial charge in [-0.25, -0.2) is 9.37 Å². The van der Waals surface area contributed by atoms with Crippen LogP contribution in [0.5, 0.6) is 5.88 Å². The summed E-state index contributed by atoms with van der Waals surface area (Å²) in [5.41, 5.74) is 0.899. The minimum atomic E-state index is -0.282. The van der Waals surface area contributed by atoms with Crippen LogP contribution in [0.3, 0.4) is 0 Å². The van der Waals surface area contributed by atoms with Gasteiger partial charge in [-0.1, -0.05) is 6.07 Å². The molecule has 0 radical (unpaired) electrons. The molecule has 21 heavy (non-hydrogen) atoms. The van der Waals surface area contributed by atoms with Gasteiger partial charge in [0.05, 0.1) is 12.9 Å². The van der Waals surface area contributed by atoms with Crippen LogP contribution >= 0.6 is 11.8 Å². The van der Waals surface area contributed by atoms with Crippen LogP contribution in [0.15, 0.2) is 47.5 Å². The summed E-state index contributed by atoms with van der Waals surface area (Å²) in [5.74, 6) is 0.461. The normalized spacial score (nSPS) is 10.2. The van der Waals surface area contributed by atoms with Crippen molar-refractivity contribution in [3.8, 4) is 5.88 Å². The molecule has 0 fully saturated rings. The summed E-state index contributed by atoms with van der Waals surface area (Å²) >= 11 is 1.36. The summed E-state index contributed by atoms with van der Waals surface area (Å²) in [7, 11) is 1.55. The second-order valence-electron chi connectivity index (χ2n) is 4.23. The summed E-state index contributed by atoms with van der Waals surface area (Å²) in [4.78, 5) is 16.7. The number of carbonyl (C=O) groups is 1. The zero-order valence-electron chi connectivity index (χ0n) is 11.5. The van der Waals surface area contributed by atoms with Gasteiger partial charge in [-0.15, -0.1) is 11.8 Å². The van der Waals surface area contributed by atoms with Crippen molar-refractivity contribution in [1.29, 1.82) is 0 Å². The highest BCUT2D eigenvalue weighted by Crippen LogP contribution is 2.17. The zero-order valence-corrected chi connectivity index (χ0v) is 12.3. The molecule has 4 nitrogen and oxygen atoms in total. The standard InChI is InChI=1S/C15H15FN2O2S/c1-20-15-7-2-11(9-18-15)8-17-14(19)10-21-13-5-3-12(16)4-6-13/h2-7,9H,8,10H2,1H3,(H,17,19). The number of halogens is 1. The maximum Gasteiger partial charge on any atom is 0.230 e. The van der Waals surface area contributed by atoms with Crippen LogP contribution in [-0.2, 0) is 11.3 Å². The Morgan fingerprint density at radius 3 is 2.67 bits per heavy atom. The van der Waals surface area contributed by atoms with E-state index in [-0.39, 0.29) is 17.5 Å². The van der Waals surface area contributed by atoms with Crippen molar-refractivity contribution in [2.45, 2.75) is 11.4 Å². The van der Waals surface area contributed by atoms with E-state index in [0.717, 1.165) is 10.5 Å². The Balaban J connectivity index is 1.75. The van der Waals surface area contributed by atoms with Crippen LogP contribution in [0.1, 0.15) is 5.56 Å². The summed E-state index contributed by atoms with van der Waals surface area (Å²) in [6.45, 7) is 0.416. The Kier molecular flexibility index (Phi) is 5.57. The fourth-order valence-electron chi connectivity index (χ4n) is 1.57. The van der Waals surface area contributed by atoms with E-state index < -0.39 is 0 Å². The molecule has 0 spiro atoms. The molecule has 0 atom stereocenters. The monoisotopic (exact) mass is 306 g/mol. The Hall–Kier alpha value is -2.08. The first-order valence-corrected chi connectivity index (χ1v) is 7.30. The number of methoxy groups -OCH3 is 1. The smallest absolute Gasteiger partial charge is 0.230 e. The van der Waals surface area contributed by atoms with E-state index in [1.807, 2.05) is 6.07 Å². The van der Waals surface area contributed by atoms with Gasteiger partial charge in [-0.3, -0.25) is 4.79 Å². The SMILES string of the molecule is COc1ccc(CNC(=O)CSc2ccc(F)cc2)cn1. The first-order chi connectivity index (χ1) is 10.2. The Bertz CT molecular complexity index is 588. The Morgan fingerprint density at radius 2 is 2.05 bits per heavy atom. The van der Waals surface area contributed by atoms with Crippen molar-refractivity contribution < 1.29 is 13.9 Å². The zero-order chi connectivity index (χ0) is 15.1. The lowest BCUT2D eigenvalue weighted by molar-refractivity contribution is -0.118. The van der Waals surface area contributed by atoms with Gasteiger partial charge < -0.3 is 10.1 Å². The average Bonchev–Trinajstić information content (AvgIpc) is 2.53. The number of benzene rings is 1. The molecule has 2 aromatic rings. The molecule has 0 bridgehead atoms. The number of hydrogen-bond donors (Lipinski definition) is 1. The van der Waals surface area contributed by atoms with Gasteiger partial charge in [0.15, 0.2) is 0 Å². The lowest BCUT2D eigenvalue weighted by Gasteiger charge is -2.06. The predicted molar refractivity (Wildman–Crippen MR) is 79.8 cm³/mol. The quantitative estimate of drug-likeness (QED) is 0.834. The first kappa shape index (κ1) is 15.3. The minimum absolute atomic E-state index is 0.0832. The van der Waals surface area contributed by atoms with Crippen LogP contribution in [0.4, 0.5) is 4.39 Å². The van der Waals surface area contributed by atoms with Crippen LogP contribution < -0.4 is 10.1 Å². The molecule has 1 aromatic carbocycles. The second-order valence-corrected chi connectivity index (χ2v) is 5.28. The molecular formula is C15H15FN2O2S. The fraction of sp³-hybridized carbons (Fsp3) is 0.200. The van der Waals surface area contributed by atoms with Crippen molar-refractivity contribution in [3.63, 3.8) is 0 Å². The average molecular weight is 306 g/mol. The molecule has 1 N–H and O–H groups in total. The summed E-state index contributed by atoms with van der Waals surface area (Å²) in [6.07, 6.45) is 1.66. The molecule has 0 unspecified atom stereocenters. The third-order valence-electron chi connectivity index (χ3n) is 2.68. The van der Waals surface area contributed by atoms with E-state index in [1.54, 1.807) is 31.5 Å². The van der Waals surface area contributed by atoms with E-state index >= 15 is 0 Å². The van der Waals surface area contributed by atoms with E-state index in [2.05, 4.69) is 10.3 Å². The number of hydrogen-bond acceptors (Lipinski definition) is 4.